The van der Waals surface area contributed by atoms with Crippen molar-refractivity contribution in [2.24, 2.45) is 0 Å². The number of rotatable bonds is 7. The first kappa shape index (κ1) is 20.3. The molecule has 0 bridgehead atoms. The fraction of sp³-hybridized carbons (Fsp3) is 0.333. The van der Waals surface area contributed by atoms with Crippen LogP contribution >= 0.6 is 0 Å². The van der Waals surface area contributed by atoms with Gasteiger partial charge in [0.05, 0.1) is 0 Å². The topological polar surface area (TPSA) is 83.4 Å². The molecule has 2 aromatic rings. The molecule has 1 aliphatic heterocycles. The first-order valence-corrected chi connectivity index (χ1v) is 11.1. The summed E-state index contributed by atoms with van der Waals surface area (Å²) < 4.78 is 12.3. The molecule has 2 N–H and O–H groups in total. The SMILES string of the molecule is COc1ccc(CNC(=O)c2cc(C#N)ccc2[As][C@@H]2CCNC2)cc1OC. The zero-order valence-corrected chi connectivity index (χ0v) is 17.9. The Morgan fingerprint density at radius 3 is 2.75 bits per heavy atom. The van der Waals surface area contributed by atoms with Crippen LogP contribution in [-0.2, 0) is 6.54 Å². The Balaban J connectivity index is 1.75. The Kier molecular flexibility index (Phi) is 6.97. The predicted molar refractivity (Wildman–Crippen MR) is 108 cm³/mol. The normalized spacial score (nSPS) is 16.1. The van der Waals surface area contributed by atoms with Gasteiger partial charge in [-0.2, -0.15) is 0 Å². The molecule has 0 unspecified atom stereocenters. The zero-order valence-electron chi connectivity index (χ0n) is 16.0. The molecule has 0 saturated carbocycles. The molecule has 1 saturated heterocycles. The number of hydrogen-bond acceptors (Lipinski definition) is 5. The molecule has 1 amide bonds. The van der Waals surface area contributed by atoms with Gasteiger partial charge in [0.1, 0.15) is 0 Å². The number of nitrogens with zero attached hydrogens (tertiary/aromatic N) is 1. The van der Waals surface area contributed by atoms with Crippen LogP contribution in [0.5, 0.6) is 11.5 Å². The third-order valence-corrected chi connectivity index (χ3v) is 7.72. The summed E-state index contributed by atoms with van der Waals surface area (Å²) in [4.78, 5) is 12.9. The molecule has 7 heteroatoms. The second-order valence-electron chi connectivity index (χ2n) is 6.49. The average Bonchev–Trinajstić information content (AvgIpc) is 3.25. The van der Waals surface area contributed by atoms with E-state index in [1.54, 1.807) is 26.4 Å². The molecule has 1 atom stereocenters. The van der Waals surface area contributed by atoms with Crippen LogP contribution in [0.1, 0.15) is 27.9 Å². The van der Waals surface area contributed by atoms with Crippen LogP contribution in [0.3, 0.4) is 0 Å². The Labute approximate surface area is 171 Å². The third-order valence-electron chi connectivity index (χ3n) is 4.63. The molecule has 1 fully saturated rings. The molecular weight excluding hydrogens is 417 g/mol. The van der Waals surface area contributed by atoms with Gasteiger partial charge in [0.15, 0.2) is 0 Å². The van der Waals surface area contributed by atoms with Gasteiger partial charge in [0.2, 0.25) is 0 Å². The van der Waals surface area contributed by atoms with Crippen LogP contribution in [-0.4, -0.2) is 49.0 Å². The Bertz CT molecular complexity index is 889. The fourth-order valence-electron chi connectivity index (χ4n) is 3.11. The molecule has 2 aromatic carbocycles. The number of nitrogens with one attached hydrogen (secondary N) is 2. The average molecular weight is 440 g/mol. The number of benzene rings is 2. The predicted octanol–water partition coefficient (Wildman–Crippen LogP) is 1.62. The summed E-state index contributed by atoms with van der Waals surface area (Å²) in [6.45, 7) is 2.42. The Morgan fingerprint density at radius 1 is 1.25 bits per heavy atom. The number of carbonyl (C=O) groups is 1. The molecule has 1 radical (unpaired) electrons. The number of hydrogen-bond donors (Lipinski definition) is 2. The molecule has 1 aliphatic rings. The maximum atomic E-state index is 12.9. The molecule has 145 valence electrons. The van der Waals surface area contributed by atoms with E-state index in [9.17, 15) is 10.1 Å². The summed E-state index contributed by atoms with van der Waals surface area (Å²) in [5.74, 6) is 1.12. The van der Waals surface area contributed by atoms with Crippen molar-refractivity contribution in [1.82, 2.24) is 10.6 Å². The van der Waals surface area contributed by atoms with Gasteiger partial charge >= 0.3 is 172 Å². The van der Waals surface area contributed by atoms with Crippen molar-refractivity contribution >= 4 is 26.0 Å². The van der Waals surface area contributed by atoms with Gasteiger partial charge in [-0.1, -0.05) is 0 Å². The van der Waals surface area contributed by atoms with E-state index in [1.807, 2.05) is 24.3 Å². The van der Waals surface area contributed by atoms with Gasteiger partial charge in [0.25, 0.3) is 0 Å². The van der Waals surface area contributed by atoms with Gasteiger partial charge in [-0.15, -0.1) is 0 Å². The van der Waals surface area contributed by atoms with Gasteiger partial charge < -0.3 is 0 Å². The fourth-order valence-corrected chi connectivity index (χ4v) is 5.92. The van der Waals surface area contributed by atoms with Crippen molar-refractivity contribution in [2.75, 3.05) is 27.3 Å². The van der Waals surface area contributed by atoms with Gasteiger partial charge in [-0.05, 0) is 0 Å². The molecule has 1 heterocycles. The molecule has 0 aliphatic carbocycles. The summed E-state index contributed by atoms with van der Waals surface area (Å²) >= 11 is -0.134. The molecule has 3 rings (SSSR count). The summed E-state index contributed by atoms with van der Waals surface area (Å²) in [6, 6.07) is 13.2. The quantitative estimate of drug-likeness (QED) is 0.640. The molecule has 0 spiro atoms. The number of ether oxygens (including phenoxy) is 2. The molecular formula is C21H23AsN3O3. The zero-order chi connectivity index (χ0) is 19.9. The summed E-state index contributed by atoms with van der Waals surface area (Å²) in [5.41, 5.74) is 2.04. The molecule has 28 heavy (non-hydrogen) atoms. The van der Waals surface area contributed by atoms with E-state index in [0.717, 1.165) is 29.4 Å². The van der Waals surface area contributed by atoms with Crippen molar-refractivity contribution in [3.8, 4) is 17.6 Å². The van der Waals surface area contributed by atoms with E-state index in [0.29, 0.717) is 33.9 Å². The van der Waals surface area contributed by atoms with E-state index >= 15 is 0 Å². The minimum atomic E-state index is -0.150. The van der Waals surface area contributed by atoms with Crippen molar-refractivity contribution in [1.29, 1.82) is 5.26 Å². The van der Waals surface area contributed by atoms with Crippen LogP contribution in [0.15, 0.2) is 36.4 Å². The summed E-state index contributed by atoms with van der Waals surface area (Å²) in [6.07, 6.45) is 1.15. The van der Waals surface area contributed by atoms with E-state index in [-0.39, 0.29) is 21.7 Å². The van der Waals surface area contributed by atoms with E-state index in [1.165, 1.54) is 0 Å². The minimum absolute atomic E-state index is 0.134. The second-order valence-corrected chi connectivity index (χ2v) is 9.58. The number of carbonyl (C=O) groups excluding carboxylic acids is 1. The van der Waals surface area contributed by atoms with Gasteiger partial charge in [-0.25, -0.2) is 0 Å². The molecule has 6 nitrogen and oxygen atoms in total. The second kappa shape index (κ2) is 9.63. The van der Waals surface area contributed by atoms with E-state index in [4.69, 9.17) is 9.47 Å². The standard InChI is InChI=1S/C21H23AsN3O3/c1-27-19-6-4-15(10-20(19)28-2)12-25-21(26)17-9-14(11-23)3-5-18(17)22-16-7-8-24-13-16/h3-6,9-10,16,24H,7-8,12-13H2,1-2H3,(H,25,26)/t16-/m1/s1. The van der Waals surface area contributed by atoms with Crippen LogP contribution < -0.4 is 24.5 Å². The first-order chi connectivity index (χ1) is 13.6. The summed E-state index contributed by atoms with van der Waals surface area (Å²) in [7, 11) is 3.17. The van der Waals surface area contributed by atoms with Crippen LogP contribution in [0.25, 0.3) is 0 Å². The number of nitriles is 1. The third kappa shape index (κ3) is 4.86. The number of methoxy groups -OCH3 is 2. The van der Waals surface area contributed by atoms with E-state index in [2.05, 4.69) is 16.7 Å². The Hall–Kier alpha value is -2.48. The summed E-state index contributed by atoms with van der Waals surface area (Å²) in [5, 5.41) is 15.6. The Morgan fingerprint density at radius 2 is 2.07 bits per heavy atom. The molecule has 0 aromatic heterocycles. The van der Waals surface area contributed by atoms with Crippen molar-refractivity contribution in [3.63, 3.8) is 0 Å². The van der Waals surface area contributed by atoms with Crippen LogP contribution in [0.2, 0.25) is 4.71 Å². The number of amides is 1. The first-order valence-electron chi connectivity index (χ1n) is 9.09. The van der Waals surface area contributed by atoms with Gasteiger partial charge in [-0.3, -0.25) is 0 Å². The van der Waals surface area contributed by atoms with Crippen molar-refractivity contribution < 1.29 is 14.3 Å². The maximum absolute atomic E-state index is 12.9. The van der Waals surface area contributed by atoms with Crippen LogP contribution in [0.4, 0.5) is 0 Å². The van der Waals surface area contributed by atoms with Crippen LogP contribution in [0, 0.1) is 11.3 Å². The van der Waals surface area contributed by atoms with Gasteiger partial charge in [0, 0.05) is 0 Å². The monoisotopic (exact) mass is 440 g/mol. The van der Waals surface area contributed by atoms with Crippen molar-refractivity contribution in [3.05, 3.63) is 53.1 Å². The van der Waals surface area contributed by atoms with E-state index < -0.39 is 0 Å². The van der Waals surface area contributed by atoms with Crippen molar-refractivity contribution in [2.45, 2.75) is 17.7 Å².